The van der Waals surface area contributed by atoms with Crippen molar-refractivity contribution in [2.24, 2.45) is 0 Å². The van der Waals surface area contributed by atoms with Gasteiger partial charge < -0.3 is 19.9 Å². The third kappa shape index (κ3) is 5.85. The van der Waals surface area contributed by atoms with E-state index in [1.807, 2.05) is 31.2 Å². The number of likely N-dealkylation sites (N-methyl/N-ethyl adjacent to an activating group) is 1. The van der Waals surface area contributed by atoms with Crippen LogP contribution in [0.3, 0.4) is 0 Å². The molecule has 1 amide bonds. The van der Waals surface area contributed by atoms with Gasteiger partial charge in [-0.25, -0.2) is 0 Å². The van der Waals surface area contributed by atoms with Crippen molar-refractivity contribution in [2.45, 2.75) is 13.8 Å². The fraction of sp³-hybridized carbons (Fsp3) is 0.333. The summed E-state index contributed by atoms with van der Waals surface area (Å²) in [5.41, 5.74) is 3.95. The molecule has 1 N–H and O–H groups in total. The number of carbonyl (C=O) groups excluding carboxylic acids is 1. The van der Waals surface area contributed by atoms with Crippen LogP contribution in [-0.2, 0) is 4.79 Å². The van der Waals surface area contributed by atoms with Crippen LogP contribution in [0.25, 0.3) is 6.08 Å². The van der Waals surface area contributed by atoms with Crippen molar-refractivity contribution in [3.8, 4) is 11.8 Å². The minimum absolute atomic E-state index is 0.0185. The van der Waals surface area contributed by atoms with Crippen molar-refractivity contribution in [2.75, 3.05) is 49.5 Å². The molecule has 156 valence electrons. The average Bonchev–Trinajstić information content (AvgIpc) is 2.78. The number of rotatable bonds is 7. The fourth-order valence-electron chi connectivity index (χ4n) is 3.44. The molecular formula is C24H28N4O2. The number of nitrogens with zero attached hydrogens (tertiary/aromatic N) is 3. The summed E-state index contributed by atoms with van der Waals surface area (Å²) in [7, 11) is 0. The molecule has 6 nitrogen and oxygen atoms in total. The van der Waals surface area contributed by atoms with Crippen molar-refractivity contribution in [1.82, 2.24) is 4.90 Å². The van der Waals surface area contributed by atoms with Gasteiger partial charge in [0.1, 0.15) is 11.8 Å². The van der Waals surface area contributed by atoms with Crippen LogP contribution in [0.4, 0.5) is 11.4 Å². The smallest absolute Gasteiger partial charge is 0.248 e. The molecule has 6 heteroatoms. The second-order valence-electron chi connectivity index (χ2n) is 7.26. The van der Waals surface area contributed by atoms with Gasteiger partial charge in [-0.1, -0.05) is 19.1 Å². The maximum Gasteiger partial charge on any atom is 0.248 e. The molecule has 0 saturated carbocycles. The minimum atomic E-state index is -0.174. The Morgan fingerprint density at radius 1 is 1.17 bits per heavy atom. The molecule has 2 aromatic carbocycles. The predicted octanol–water partition coefficient (Wildman–Crippen LogP) is 3.69. The first-order chi connectivity index (χ1) is 14.6. The summed E-state index contributed by atoms with van der Waals surface area (Å²) in [4.78, 5) is 17.2. The largest absolute Gasteiger partial charge is 0.479 e. The summed E-state index contributed by atoms with van der Waals surface area (Å²) in [5.74, 6) is 0.456. The molecule has 0 aliphatic carbocycles. The van der Waals surface area contributed by atoms with Gasteiger partial charge in [0.05, 0.1) is 0 Å². The Bertz CT molecular complexity index is 923. The van der Waals surface area contributed by atoms with Crippen LogP contribution in [0.15, 0.2) is 48.5 Å². The van der Waals surface area contributed by atoms with Crippen molar-refractivity contribution in [3.05, 3.63) is 59.7 Å². The van der Waals surface area contributed by atoms with Gasteiger partial charge in [-0.05, 0) is 61.0 Å². The molecule has 0 spiro atoms. The SMILES string of the molecule is CCN1CCN(c2ccc(NC(=O)/C=C/c3ccc(OCC#N)cc3)c(C)c2)CC1. The Hall–Kier alpha value is -3.30. The van der Waals surface area contributed by atoms with Gasteiger partial charge in [0.15, 0.2) is 6.61 Å². The van der Waals surface area contributed by atoms with E-state index in [-0.39, 0.29) is 12.5 Å². The van der Waals surface area contributed by atoms with Gasteiger partial charge in [-0.2, -0.15) is 5.26 Å². The van der Waals surface area contributed by atoms with E-state index in [1.165, 1.54) is 11.8 Å². The molecule has 1 saturated heterocycles. The molecule has 1 heterocycles. The molecule has 0 unspecified atom stereocenters. The third-order valence-corrected chi connectivity index (χ3v) is 5.26. The Kier molecular flexibility index (Phi) is 7.47. The highest BCUT2D eigenvalue weighted by Gasteiger charge is 2.16. The van der Waals surface area contributed by atoms with Crippen LogP contribution in [-0.4, -0.2) is 50.1 Å². The van der Waals surface area contributed by atoms with Crippen LogP contribution < -0.4 is 15.0 Å². The normalized spacial score (nSPS) is 14.5. The molecule has 1 fully saturated rings. The Balaban J connectivity index is 1.56. The number of hydrogen-bond donors (Lipinski definition) is 1. The van der Waals surface area contributed by atoms with Crippen LogP contribution >= 0.6 is 0 Å². The van der Waals surface area contributed by atoms with E-state index in [1.54, 1.807) is 18.2 Å². The van der Waals surface area contributed by atoms with E-state index in [2.05, 4.69) is 34.2 Å². The molecule has 1 aliphatic heterocycles. The zero-order valence-electron chi connectivity index (χ0n) is 17.6. The first kappa shape index (κ1) is 21.4. The lowest BCUT2D eigenvalue weighted by atomic mass is 10.1. The zero-order valence-corrected chi connectivity index (χ0v) is 17.6. The first-order valence-corrected chi connectivity index (χ1v) is 10.3. The highest BCUT2D eigenvalue weighted by atomic mass is 16.5. The molecule has 0 atom stereocenters. The fourth-order valence-corrected chi connectivity index (χ4v) is 3.44. The Morgan fingerprint density at radius 3 is 2.53 bits per heavy atom. The number of hydrogen-bond acceptors (Lipinski definition) is 5. The van der Waals surface area contributed by atoms with Crippen molar-refractivity contribution in [1.29, 1.82) is 5.26 Å². The van der Waals surface area contributed by atoms with E-state index >= 15 is 0 Å². The number of amides is 1. The van der Waals surface area contributed by atoms with E-state index < -0.39 is 0 Å². The van der Waals surface area contributed by atoms with E-state index in [0.29, 0.717) is 5.75 Å². The lowest BCUT2D eigenvalue weighted by Gasteiger charge is -2.35. The molecule has 0 radical (unpaired) electrons. The number of carbonyl (C=O) groups is 1. The number of aryl methyl sites for hydroxylation is 1. The second-order valence-corrected chi connectivity index (χ2v) is 7.26. The molecular weight excluding hydrogens is 376 g/mol. The summed E-state index contributed by atoms with van der Waals surface area (Å²) in [5, 5.41) is 11.5. The van der Waals surface area contributed by atoms with Gasteiger partial charge in [0.2, 0.25) is 5.91 Å². The lowest BCUT2D eigenvalue weighted by molar-refractivity contribution is -0.111. The second kappa shape index (κ2) is 10.5. The van der Waals surface area contributed by atoms with Crippen molar-refractivity contribution >= 4 is 23.4 Å². The van der Waals surface area contributed by atoms with Crippen molar-refractivity contribution < 1.29 is 9.53 Å². The van der Waals surface area contributed by atoms with Gasteiger partial charge in [-0.3, -0.25) is 4.79 Å². The molecule has 2 aromatic rings. The third-order valence-electron chi connectivity index (χ3n) is 5.26. The van der Waals surface area contributed by atoms with Gasteiger partial charge >= 0.3 is 0 Å². The van der Waals surface area contributed by atoms with Crippen molar-refractivity contribution in [3.63, 3.8) is 0 Å². The number of nitrogens with one attached hydrogen (secondary N) is 1. The predicted molar refractivity (Wildman–Crippen MR) is 121 cm³/mol. The molecule has 1 aliphatic rings. The number of nitriles is 1. The summed E-state index contributed by atoms with van der Waals surface area (Å²) in [6, 6.07) is 15.4. The van der Waals surface area contributed by atoms with Gasteiger partial charge in [0, 0.05) is 43.6 Å². The van der Waals surface area contributed by atoms with E-state index in [9.17, 15) is 4.79 Å². The standard InChI is InChI=1S/C24H28N4O2/c1-3-27-13-15-28(16-14-27)21-7-10-23(19(2)18-21)26-24(29)11-6-20-4-8-22(9-5-20)30-17-12-25/h4-11,18H,3,13-17H2,1-2H3,(H,26,29)/b11-6+. The number of anilines is 2. The quantitative estimate of drug-likeness (QED) is 0.713. The monoisotopic (exact) mass is 404 g/mol. The molecule has 3 rings (SSSR count). The summed E-state index contributed by atoms with van der Waals surface area (Å²) in [6.45, 7) is 9.57. The Labute approximate surface area is 178 Å². The first-order valence-electron chi connectivity index (χ1n) is 10.3. The summed E-state index contributed by atoms with van der Waals surface area (Å²) >= 11 is 0. The Morgan fingerprint density at radius 2 is 1.90 bits per heavy atom. The van der Waals surface area contributed by atoms with Crippen LogP contribution in [0.5, 0.6) is 5.75 Å². The van der Waals surface area contributed by atoms with E-state index in [0.717, 1.165) is 49.5 Å². The van der Waals surface area contributed by atoms with Crippen LogP contribution in [0, 0.1) is 18.3 Å². The van der Waals surface area contributed by atoms with Gasteiger partial charge in [0.25, 0.3) is 0 Å². The molecule has 0 bridgehead atoms. The summed E-state index contributed by atoms with van der Waals surface area (Å²) in [6.07, 6.45) is 3.27. The minimum Gasteiger partial charge on any atom is -0.479 e. The number of ether oxygens (including phenoxy) is 1. The average molecular weight is 405 g/mol. The highest BCUT2D eigenvalue weighted by molar-refractivity contribution is 6.02. The number of benzene rings is 2. The van der Waals surface area contributed by atoms with Crippen LogP contribution in [0.1, 0.15) is 18.1 Å². The topological polar surface area (TPSA) is 68.6 Å². The van der Waals surface area contributed by atoms with E-state index in [4.69, 9.17) is 10.00 Å². The summed E-state index contributed by atoms with van der Waals surface area (Å²) < 4.78 is 5.22. The number of piperazine rings is 1. The highest BCUT2D eigenvalue weighted by Crippen LogP contribution is 2.24. The lowest BCUT2D eigenvalue weighted by Crippen LogP contribution is -2.46. The van der Waals surface area contributed by atoms with Crippen LogP contribution in [0.2, 0.25) is 0 Å². The maximum atomic E-state index is 12.3. The van der Waals surface area contributed by atoms with Gasteiger partial charge in [-0.15, -0.1) is 0 Å². The molecule has 30 heavy (non-hydrogen) atoms. The maximum absolute atomic E-state index is 12.3. The zero-order chi connectivity index (χ0) is 21.3. The molecule has 0 aromatic heterocycles.